The molecule has 2 aromatic heterocycles. The van der Waals surface area contributed by atoms with Crippen LogP contribution in [-0.2, 0) is 0 Å². The van der Waals surface area contributed by atoms with E-state index in [0.717, 1.165) is 0 Å². The molecule has 2 rings (SSSR count). The van der Waals surface area contributed by atoms with Crippen LogP contribution in [0, 0.1) is 0 Å². The van der Waals surface area contributed by atoms with E-state index in [4.69, 9.17) is 0 Å². The summed E-state index contributed by atoms with van der Waals surface area (Å²) in [5.74, 6) is 1.67. The molecule has 10 heteroatoms. The molecule has 0 fully saturated rings. The topological polar surface area (TPSA) is 104 Å². The van der Waals surface area contributed by atoms with Crippen LogP contribution in [0.15, 0.2) is 12.7 Å². The first-order valence-electron chi connectivity index (χ1n) is 6.58. The van der Waals surface area contributed by atoms with Crippen molar-refractivity contribution in [2.24, 2.45) is 0 Å². The third-order valence-electron chi connectivity index (χ3n) is 3.06. The van der Waals surface area contributed by atoms with Crippen LogP contribution in [0.2, 0.25) is 0 Å². The third kappa shape index (κ3) is 2.92. The Morgan fingerprint density at radius 1 is 0.864 bits per heavy atom. The summed E-state index contributed by atoms with van der Waals surface area (Å²) in [5, 5.41) is 9.90. The lowest BCUT2D eigenvalue weighted by Crippen LogP contribution is -2.44. The van der Waals surface area contributed by atoms with Gasteiger partial charge >= 0.3 is 11.9 Å². The van der Waals surface area contributed by atoms with Crippen molar-refractivity contribution in [3.8, 4) is 0 Å². The lowest BCUT2D eigenvalue weighted by Gasteiger charge is -2.26. The standard InChI is InChI=1S/C12H20N9O/c1-19(2)9-13-6-15-11(17-9)21(5,8-22)12-16-7-14-10(18-12)20(3)4/h6-7,22H,8H2,1-5H3/q+1. The molecule has 0 aliphatic rings. The normalized spacial score (nSPS) is 11.4. The van der Waals surface area contributed by atoms with Crippen molar-refractivity contribution in [3.63, 3.8) is 0 Å². The average molecular weight is 306 g/mol. The van der Waals surface area contributed by atoms with Crippen LogP contribution in [0.4, 0.5) is 23.8 Å². The number of nitrogens with zero attached hydrogens (tertiary/aromatic N) is 9. The third-order valence-corrected chi connectivity index (χ3v) is 3.06. The van der Waals surface area contributed by atoms with E-state index in [1.165, 1.54) is 12.7 Å². The highest BCUT2D eigenvalue weighted by molar-refractivity contribution is 5.45. The van der Waals surface area contributed by atoms with Crippen LogP contribution in [-0.4, -0.2) is 77.0 Å². The zero-order valence-corrected chi connectivity index (χ0v) is 13.3. The zero-order valence-electron chi connectivity index (χ0n) is 13.3. The average Bonchev–Trinajstić information content (AvgIpc) is 2.54. The van der Waals surface area contributed by atoms with Gasteiger partial charge < -0.3 is 14.9 Å². The van der Waals surface area contributed by atoms with Crippen LogP contribution >= 0.6 is 0 Å². The van der Waals surface area contributed by atoms with Crippen LogP contribution in [0.25, 0.3) is 0 Å². The largest absolute Gasteiger partial charge is 0.347 e. The molecule has 0 aliphatic heterocycles. The van der Waals surface area contributed by atoms with Crippen LogP contribution in [0.3, 0.4) is 0 Å². The molecule has 0 aromatic carbocycles. The minimum atomic E-state index is -0.298. The van der Waals surface area contributed by atoms with E-state index >= 15 is 0 Å². The van der Waals surface area contributed by atoms with Gasteiger partial charge in [0.15, 0.2) is 6.73 Å². The Hall–Kier alpha value is -2.46. The fraction of sp³-hybridized carbons (Fsp3) is 0.500. The van der Waals surface area contributed by atoms with Crippen LogP contribution < -0.4 is 14.3 Å². The lowest BCUT2D eigenvalue weighted by molar-refractivity contribution is 0.169. The van der Waals surface area contributed by atoms with E-state index < -0.39 is 0 Å². The molecule has 10 nitrogen and oxygen atoms in total. The molecule has 118 valence electrons. The Morgan fingerprint density at radius 2 is 1.27 bits per heavy atom. The maximum atomic E-state index is 9.90. The van der Waals surface area contributed by atoms with Gasteiger partial charge in [-0.1, -0.05) is 0 Å². The first-order chi connectivity index (χ1) is 10.4. The van der Waals surface area contributed by atoms with Crippen molar-refractivity contribution in [3.05, 3.63) is 12.7 Å². The van der Waals surface area contributed by atoms with Gasteiger partial charge in [-0.15, -0.1) is 9.97 Å². The molecular formula is C12H20N9O+. The van der Waals surface area contributed by atoms with Crippen molar-refractivity contribution < 1.29 is 5.11 Å². The van der Waals surface area contributed by atoms with Gasteiger partial charge in [-0.25, -0.2) is 9.97 Å². The molecule has 0 saturated heterocycles. The number of aliphatic hydroxyl groups is 1. The summed E-state index contributed by atoms with van der Waals surface area (Å²) in [6, 6.07) is 0. The Kier molecular flexibility index (Phi) is 4.43. The van der Waals surface area contributed by atoms with Crippen molar-refractivity contribution in [2.45, 2.75) is 0 Å². The number of hydrogen-bond acceptors (Lipinski definition) is 9. The zero-order chi connectivity index (χ0) is 16.3. The Labute approximate surface area is 128 Å². The van der Waals surface area contributed by atoms with Gasteiger partial charge in [0.1, 0.15) is 12.7 Å². The van der Waals surface area contributed by atoms with Gasteiger partial charge in [0.25, 0.3) is 0 Å². The molecular weight excluding hydrogens is 286 g/mol. The number of aromatic nitrogens is 6. The molecule has 0 amide bonds. The second kappa shape index (κ2) is 6.12. The van der Waals surface area contributed by atoms with Gasteiger partial charge in [0, 0.05) is 28.2 Å². The minimum Gasteiger partial charge on any atom is -0.347 e. The van der Waals surface area contributed by atoms with Crippen molar-refractivity contribution >= 4 is 23.8 Å². The van der Waals surface area contributed by atoms with E-state index in [1.807, 2.05) is 28.2 Å². The van der Waals surface area contributed by atoms with Gasteiger partial charge in [0.05, 0.1) is 7.05 Å². The summed E-state index contributed by atoms with van der Waals surface area (Å²) < 4.78 is -0.174. The van der Waals surface area contributed by atoms with Crippen LogP contribution in [0.1, 0.15) is 0 Å². The maximum Gasteiger partial charge on any atom is 0.343 e. The molecule has 2 aromatic rings. The quantitative estimate of drug-likeness (QED) is 0.573. The molecule has 0 saturated carbocycles. The maximum absolute atomic E-state index is 9.90. The van der Waals surface area contributed by atoms with Gasteiger partial charge in [-0.2, -0.15) is 14.5 Å². The van der Waals surface area contributed by atoms with Crippen molar-refractivity contribution in [2.75, 3.05) is 51.8 Å². The van der Waals surface area contributed by atoms with E-state index in [1.54, 1.807) is 16.8 Å². The Morgan fingerprint density at radius 3 is 1.59 bits per heavy atom. The monoisotopic (exact) mass is 306 g/mol. The second-order valence-electron chi connectivity index (χ2n) is 5.29. The molecule has 0 radical (unpaired) electrons. The first kappa shape index (κ1) is 15.9. The van der Waals surface area contributed by atoms with Crippen LogP contribution in [0.5, 0.6) is 0 Å². The van der Waals surface area contributed by atoms with Gasteiger partial charge in [-0.3, -0.25) is 0 Å². The Balaban J connectivity index is 2.52. The van der Waals surface area contributed by atoms with Crippen molar-refractivity contribution in [1.29, 1.82) is 0 Å². The smallest absolute Gasteiger partial charge is 0.343 e. The number of rotatable bonds is 5. The summed E-state index contributed by atoms with van der Waals surface area (Å²) >= 11 is 0. The molecule has 0 spiro atoms. The lowest BCUT2D eigenvalue weighted by atomic mass is 10.5. The summed E-state index contributed by atoms with van der Waals surface area (Å²) in [4.78, 5) is 28.7. The molecule has 2 heterocycles. The highest BCUT2D eigenvalue weighted by atomic mass is 16.3. The van der Waals surface area contributed by atoms with Crippen molar-refractivity contribution in [1.82, 2.24) is 34.4 Å². The number of quaternary nitrogens is 1. The van der Waals surface area contributed by atoms with E-state index in [2.05, 4.69) is 29.9 Å². The van der Waals surface area contributed by atoms with E-state index in [9.17, 15) is 5.11 Å². The van der Waals surface area contributed by atoms with E-state index in [-0.39, 0.29) is 11.2 Å². The molecule has 0 unspecified atom stereocenters. The molecule has 22 heavy (non-hydrogen) atoms. The predicted molar refractivity (Wildman–Crippen MR) is 82.8 cm³/mol. The fourth-order valence-corrected chi connectivity index (χ4v) is 1.68. The van der Waals surface area contributed by atoms with Gasteiger partial charge in [0.2, 0.25) is 11.9 Å². The minimum absolute atomic E-state index is 0.174. The summed E-state index contributed by atoms with van der Waals surface area (Å²) in [6.07, 6.45) is 2.80. The van der Waals surface area contributed by atoms with Gasteiger partial charge in [-0.05, 0) is 0 Å². The molecule has 0 aliphatic carbocycles. The predicted octanol–water partition coefficient (Wildman–Crippen LogP) is -0.593. The summed E-state index contributed by atoms with van der Waals surface area (Å²) in [6.45, 7) is -0.298. The number of hydrogen-bond donors (Lipinski definition) is 1. The molecule has 0 atom stereocenters. The summed E-state index contributed by atoms with van der Waals surface area (Å²) in [7, 11) is 9.04. The molecule has 0 bridgehead atoms. The molecule has 1 N–H and O–H groups in total. The number of aliphatic hydroxyl groups excluding tert-OH is 1. The number of anilines is 2. The Bertz CT molecular complexity index is 594. The SMILES string of the molecule is CN(C)c1ncnc([N+](C)(CO)c2ncnc(N(C)C)n2)n1. The highest BCUT2D eigenvalue weighted by Crippen LogP contribution is 2.26. The second-order valence-corrected chi connectivity index (χ2v) is 5.29. The first-order valence-corrected chi connectivity index (χ1v) is 6.58. The highest BCUT2D eigenvalue weighted by Gasteiger charge is 2.35. The fourth-order valence-electron chi connectivity index (χ4n) is 1.68. The summed E-state index contributed by atoms with van der Waals surface area (Å²) in [5.41, 5.74) is 0. The van der Waals surface area contributed by atoms with E-state index in [0.29, 0.717) is 23.8 Å².